The number of hydrogen-bond acceptors (Lipinski definition) is 2. The Labute approximate surface area is 94.2 Å². The normalized spacial score (nSPS) is 17.5. The zero-order chi connectivity index (χ0) is 11.2. The van der Waals surface area contributed by atoms with Crippen molar-refractivity contribution in [3.05, 3.63) is 28.3 Å². The number of rotatable bonds is 1. The first-order valence-corrected chi connectivity index (χ1v) is 5.39. The topological polar surface area (TPSA) is 26.3 Å². The van der Waals surface area contributed by atoms with Gasteiger partial charge in [0.05, 0.1) is 5.56 Å². The van der Waals surface area contributed by atoms with Crippen molar-refractivity contribution in [2.75, 3.05) is 0 Å². The molecule has 0 aliphatic carbocycles. The summed E-state index contributed by atoms with van der Waals surface area (Å²) in [6.45, 7) is 5.58. The second-order valence-corrected chi connectivity index (χ2v) is 4.67. The molecule has 1 aliphatic rings. The molecule has 80 valence electrons. The summed E-state index contributed by atoms with van der Waals surface area (Å²) < 4.78 is 5.68. The molecule has 0 fully saturated rings. The molecule has 1 aliphatic heterocycles. The van der Waals surface area contributed by atoms with Crippen LogP contribution < -0.4 is 4.74 Å². The van der Waals surface area contributed by atoms with Crippen molar-refractivity contribution in [1.29, 1.82) is 0 Å². The fraction of sp³-hybridized carbons (Fsp3) is 0.417. The average molecular weight is 225 g/mol. The third-order valence-electron chi connectivity index (χ3n) is 2.66. The van der Waals surface area contributed by atoms with E-state index < -0.39 is 5.60 Å². The van der Waals surface area contributed by atoms with Crippen LogP contribution in [0.5, 0.6) is 5.75 Å². The fourth-order valence-electron chi connectivity index (χ4n) is 1.83. The van der Waals surface area contributed by atoms with Gasteiger partial charge in [-0.3, -0.25) is 4.79 Å². The monoisotopic (exact) mass is 224 g/mol. The van der Waals surface area contributed by atoms with Gasteiger partial charge in [0.2, 0.25) is 5.78 Å². The highest BCUT2D eigenvalue weighted by Gasteiger charge is 2.40. The lowest BCUT2D eigenvalue weighted by Crippen LogP contribution is -2.32. The molecule has 2 rings (SSSR count). The minimum absolute atomic E-state index is 0.00898. The van der Waals surface area contributed by atoms with Crippen molar-refractivity contribution in [3.8, 4) is 5.75 Å². The van der Waals surface area contributed by atoms with Gasteiger partial charge in [-0.2, -0.15) is 0 Å². The van der Waals surface area contributed by atoms with Crippen LogP contribution >= 0.6 is 11.6 Å². The lowest BCUT2D eigenvalue weighted by molar-refractivity contribution is 0.0682. The molecule has 0 bridgehead atoms. The van der Waals surface area contributed by atoms with Crippen LogP contribution in [0.25, 0.3) is 0 Å². The van der Waals surface area contributed by atoms with Gasteiger partial charge >= 0.3 is 0 Å². The number of fused-ring (bicyclic) bond motifs is 1. The highest BCUT2D eigenvalue weighted by molar-refractivity contribution is 6.31. The van der Waals surface area contributed by atoms with Crippen LogP contribution in [0.15, 0.2) is 12.1 Å². The maximum absolute atomic E-state index is 12.0. The Bertz CT molecular complexity index is 435. The molecule has 0 N–H and O–H groups in total. The second kappa shape index (κ2) is 3.24. The van der Waals surface area contributed by atoms with E-state index >= 15 is 0 Å². The molecule has 0 atom stereocenters. The molecule has 0 saturated carbocycles. The zero-order valence-electron chi connectivity index (χ0n) is 9.06. The van der Waals surface area contributed by atoms with Crippen LogP contribution in [0.3, 0.4) is 0 Å². The van der Waals surface area contributed by atoms with Crippen LogP contribution in [0, 0.1) is 0 Å². The first kappa shape index (κ1) is 10.5. The van der Waals surface area contributed by atoms with E-state index in [-0.39, 0.29) is 5.78 Å². The number of ketones is 1. The van der Waals surface area contributed by atoms with E-state index in [0.29, 0.717) is 16.3 Å². The van der Waals surface area contributed by atoms with Gasteiger partial charge in [-0.15, -0.1) is 0 Å². The van der Waals surface area contributed by atoms with Crippen LogP contribution in [0.2, 0.25) is 5.02 Å². The number of benzene rings is 1. The summed E-state index contributed by atoms with van der Waals surface area (Å²) in [7, 11) is 0. The molecule has 0 radical (unpaired) electrons. The van der Waals surface area contributed by atoms with Gasteiger partial charge in [-0.25, -0.2) is 0 Å². The van der Waals surface area contributed by atoms with E-state index in [1.807, 2.05) is 13.0 Å². The molecule has 0 amide bonds. The molecular weight excluding hydrogens is 212 g/mol. The SMILES string of the molecule is CCc1cc(Cl)cc2c1OC(C)(C)C2=O. The van der Waals surface area contributed by atoms with Gasteiger partial charge in [0.15, 0.2) is 5.60 Å². The highest BCUT2D eigenvalue weighted by Crippen LogP contribution is 2.39. The highest BCUT2D eigenvalue weighted by atomic mass is 35.5. The van der Waals surface area contributed by atoms with Crippen molar-refractivity contribution >= 4 is 17.4 Å². The van der Waals surface area contributed by atoms with Crippen molar-refractivity contribution in [3.63, 3.8) is 0 Å². The summed E-state index contributed by atoms with van der Waals surface area (Å²) in [6, 6.07) is 3.54. The Morgan fingerprint density at radius 2 is 2.07 bits per heavy atom. The third-order valence-corrected chi connectivity index (χ3v) is 2.88. The van der Waals surface area contributed by atoms with Gasteiger partial charge < -0.3 is 4.74 Å². The predicted octanol–water partition coefficient (Wildman–Crippen LogP) is 3.26. The van der Waals surface area contributed by atoms with E-state index in [9.17, 15) is 4.79 Å². The Kier molecular flexibility index (Phi) is 2.27. The minimum atomic E-state index is -0.753. The first-order valence-electron chi connectivity index (χ1n) is 5.02. The Balaban J connectivity index is 2.63. The minimum Gasteiger partial charge on any atom is -0.479 e. The second-order valence-electron chi connectivity index (χ2n) is 4.24. The summed E-state index contributed by atoms with van der Waals surface area (Å²) in [4.78, 5) is 12.0. The van der Waals surface area contributed by atoms with Crippen LogP contribution in [-0.4, -0.2) is 11.4 Å². The van der Waals surface area contributed by atoms with Crippen molar-refractivity contribution < 1.29 is 9.53 Å². The van der Waals surface area contributed by atoms with Gasteiger partial charge in [-0.1, -0.05) is 18.5 Å². The van der Waals surface area contributed by atoms with Crippen molar-refractivity contribution in [2.24, 2.45) is 0 Å². The van der Waals surface area contributed by atoms with E-state index in [1.165, 1.54) is 0 Å². The van der Waals surface area contributed by atoms with Gasteiger partial charge in [0.25, 0.3) is 0 Å². The van der Waals surface area contributed by atoms with Gasteiger partial charge in [0.1, 0.15) is 5.75 Å². The van der Waals surface area contributed by atoms with Crippen LogP contribution in [-0.2, 0) is 6.42 Å². The number of Topliss-reactive ketones (excluding diaryl/α,β-unsaturated/α-hetero) is 1. The maximum Gasteiger partial charge on any atom is 0.209 e. The molecule has 0 saturated heterocycles. The Hall–Kier alpha value is -1.02. The van der Waals surface area contributed by atoms with E-state index in [2.05, 4.69) is 0 Å². The number of carbonyl (C=O) groups excluding carboxylic acids is 1. The summed E-state index contributed by atoms with van der Waals surface area (Å²) in [6.07, 6.45) is 0.812. The Morgan fingerprint density at radius 3 is 2.67 bits per heavy atom. The van der Waals surface area contributed by atoms with Crippen molar-refractivity contribution in [2.45, 2.75) is 32.8 Å². The summed E-state index contributed by atoms with van der Waals surface area (Å²) >= 11 is 5.96. The smallest absolute Gasteiger partial charge is 0.209 e. The summed E-state index contributed by atoms with van der Waals surface area (Å²) in [5.41, 5.74) is 0.859. The maximum atomic E-state index is 12.0. The standard InChI is InChI=1S/C12H13ClO2/c1-4-7-5-8(13)6-9-10(7)15-12(2,3)11(9)14/h5-6H,4H2,1-3H3. The summed E-state index contributed by atoms with van der Waals surface area (Å²) in [5, 5.41) is 0.597. The number of halogens is 1. The molecule has 2 nitrogen and oxygen atoms in total. The molecule has 1 heterocycles. The first-order chi connectivity index (χ1) is 6.95. The van der Waals surface area contributed by atoms with E-state index in [0.717, 1.165) is 12.0 Å². The molecule has 15 heavy (non-hydrogen) atoms. The molecule has 0 aromatic heterocycles. The lowest BCUT2D eigenvalue weighted by atomic mass is 9.98. The zero-order valence-corrected chi connectivity index (χ0v) is 9.81. The number of carbonyl (C=O) groups is 1. The molecule has 3 heteroatoms. The largest absolute Gasteiger partial charge is 0.479 e. The van der Waals surface area contributed by atoms with Gasteiger partial charge in [-0.05, 0) is 38.0 Å². The Morgan fingerprint density at radius 1 is 1.40 bits per heavy atom. The lowest BCUT2D eigenvalue weighted by Gasteiger charge is -2.16. The number of hydrogen-bond donors (Lipinski definition) is 0. The third kappa shape index (κ3) is 1.53. The molecule has 0 unspecified atom stereocenters. The average Bonchev–Trinajstić information content (AvgIpc) is 2.39. The molecular formula is C12H13ClO2. The van der Waals surface area contributed by atoms with Crippen LogP contribution in [0.4, 0.5) is 0 Å². The van der Waals surface area contributed by atoms with Crippen molar-refractivity contribution in [1.82, 2.24) is 0 Å². The molecule has 1 aromatic carbocycles. The van der Waals surface area contributed by atoms with Crippen LogP contribution in [0.1, 0.15) is 36.7 Å². The molecule has 0 spiro atoms. The van der Waals surface area contributed by atoms with E-state index in [1.54, 1.807) is 19.9 Å². The fourth-order valence-corrected chi connectivity index (χ4v) is 2.07. The predicted molar refractivity (Wildman–Crippen MR) is 59.9 cm³/mol. The summed E-state index contributed by atoms with van der Waals surface area (Å²) in [5.74, 6) is 0.714. The molecule has 1 aromatic rings. The quantitative estimate of drug-likeness (QED) is 0.732. The number of aryl methyl sites for hydroxylation is 1. The van der Waals surface area contributed by atoms with E-state index in [4.69, 9.17) is 16.3 Å². The number of ether oxygens (including phenoxy) is 1. The van der Waals surface area contributed by atoms with Gasteiger partial charge in [0, 0.05) is 5.02 Å².